The first-order valence-electron chi connectivity index (χ1n) is 9.98. The van der Waals surface area contributed by atoms with Crippen LogP contribution in [0.1, 0.15) is 41.4 Å². The van der Waals surface area contributed by atoms with Crippen LogP contribution < -0.4 is 5.32 Å². The number of hydrogen-bond acceptors (Lipinski definition) is 2. The van der Waals surface area contributed by atoms with Gasteiger partial charge in [0.25, 0.3) is 0 Å². The van der Waals surface area contributed by atoms with Crippen molar-refractivity contribution in [3.05, 3.63) is 98.5 Å². The van der Waals surface area contributed by atoms with E-state index in [1.165, 1.54) is 5.56 Å². The van der Waals surface area contributed by atoms with E-state index in [0.29, 0.717) is 28.3 Å². The van der Waals surface area contributed by atoms with Crippen LogP contribution in [0, 0.1) is 17.2 Å². The van der Waals surface area contributed by atoms with Crippen LogP contribution in [-0.2, 0) is 0 Å². The Morgan fingerprint density at radius 1 is 0.833 bits per heavy atom. The van der Waals surface area contributed by atoms with E-state index in [-0.39, 0.29) is 0 Å². The van der Waals surface area contributed by atoms with Gasteiger partial charge in [0.15, 0.2) is 0 Å². The van der Waals surface area contributed by atoms with Crippen molar-refractivity contribution in [2.75, 3.05) is 11.9 Å². The van der Waals surface area contributed by atoms with Crippen molar-refractivity contribution < 1.29 is 0 Å². The molecular formula is C25H21Cl3N2. The molecule has 152 valence electrons. The molecule has 1 fully saturated rings. The summed E-state index contributed by atoms with van der Waals surface area (Å²) in [6.07, 6.45) is 2.10. The Bertz CT molecular complexity index is 1060. The van der Waals surface area contributed by atoms with E-state index in [0.717, 1.165) is 40.7 Å². The fourth-order valence-electron chi connectivity index (χ4n) is 4.46. The fraction of sp³-hybridized carbons (Fsp3) is 0.240. The van der Waals surface area contributed by atoms with Crippen molar-refractivity contribution in [3.8, 4) is 6.07 Å². The highest BCUT2D eigenvalue weighted by Gasteiger charge is 2.37. The molecule has 0 aliphatic heterocycles. The van der Waals surface area contributed by atoms with Gasteiger partial charge in [0, 0.05) is 27.3 Å². The molecule has 1 N–H and O–H groups in total. The average molecular weight is 456 g/mol. The molecule has 1 saturated carbocycles. The molecule has 5 heteroatoms. The molecule has 1 aliphatic carbocycles. The van der Waals surface area contributed by atoms with Crippen molar-refractivity contribution in [2.45, 2.75) is 24.7 Å². The molecule has 1 aliphatic rings. The Morgan fingerprint density at radius 2 is 1.50 bits per heavy atom. The highest BCUT2D eigenvalue weighted by Crippen LogP contribution is 2.50. The zero-order valence-corrected chi connectivity index (χ0v) is 18.6. The van der Waals surface area contributed by atoms with E-state index < -0.39 is 0 Å². The minimum Gasteiger partial charge on any atom is -0.385 e. The monoisotopic (exact) mass is 454 g/mol. The molecule has 0 aromatic heterocycles. The predicted octanol–water partition coefficient (Wildman–Crippen LogP) is 7.91. The van der Waals surface area contributed by atoms with E-state index in [4.69, 9.17) is 40.1 Å². The maximum atomic E-state index is 8.96. The number of nitriles is 1. The molecule has 0 heterocycles. The van der Waals surface area contributed by atoms with E-state index >= 15 is 0 Å². The lowest BCUT2D eigenvalue weighted by Gasteiger charge is -2.21. The van der Waals surface area contributed by atoms with Gasteiger partial charge >= 0.3 is 0 Å². The van der Waals surface area contributed by atoms with Gasteiger partial charge in [-0.15, -0.1) is 0 Å². The van der Waals surface area contributed by atoms with Crippen LogP contribution in [0.4, 0.5) is 5.69 Å². The van der Waals surface area contributed by atoms with Crippen molar-refractivity contribution >= 4 is 40.5 Å². The quantitative estimate of drug-likeness (QED) is 0.424. The zero-order valence-electron chi connectivity index (χ0n) is 16.3. The smallest absolute Gasteiger partial charge is 0.0991 e. The van der Waals surface area contributed by atoms with Gasteiger partial charge in [0.1, 0.15) is 0 Å². The fourth-order valence-corrected chi connectivity index (χ4v) is 5.13. The Balaban J connectivity index is 1.55. The third-order valence-corrected chi connectivity index (χ3v) is 6.74. The number of hydrogen-bond donors (Lipinski definition) is 1. The molecule has 0 amide bonds. The third kappa shape index (κ3) is 4.76. The summed E-state index contributed by atoms with van der Waals surface area (Å²) in [6, 6.07) is 23.7. The van der Waals surface area contributed by atoms with E-state index in [9.17, 15) is 0 Å². The first kappa shape index (κ1) is 21.1. The molecule has 0 spiro atoms. The van der Waals surface area contributed by atoms with Crippen LogP contribution in [-0.4, -0.2) is 6.54 Å². The van der Waals surface area contributed by atoms with Crippen LogP contribution in [0.25, 0.3) is 0 Å². The molecule has 3 aromatic carbocycles. The SMILES string of the molecule is N#Cc1ccc(NC[C@H]2C[C@H](c3ccc(Cl)cc3)[C@H](c3ccc(Cl)cc3Cl)C2)cc1. The van der Waals surface area contributed by atoms with Crippen LogP contribution in [0.15, 0.2) is 66.7 Å². The van der Waals surface area contributed by atoms with E-state index in [1.54, 1.807) is 0 Å². The largest absolute Gasteiger partial charge is 0.385 e. The molecule has 0 unspecified atom stereocenters. The molecule has 4 rings (SSSR count). The predicted molar refractivity (Wildman–Crippen MR) is 126 cm³/mol. The Labute approximate surface area is 192 Å². The van der Waals surface area contributed by atoms with Crippen LogP contribution >= 0.6 is 34.8 Å². The summed E-state index contributed by atoms with van der Waals surface area (Å²) in [5, 5.41) is 14.6. The highest BCUT2D eigenvalue weighted by atomic mass is 35.5. The van der Waals surface area contributed by atoms with Crippen molar-refractivity contribution in [2.24, 2.45) is 5.92 Å². The normalized spacial score (nSPS) is 20.7. The van der Waals surface area contributed by atoms with Crippen LogP contribution in [0.3, 0.4) is 0 Å². The molecule has 3 atom stereocenters. The number of nitrogens with one attached hydrogen (secondary N) is 1. The summed E-state index contributed by atoms with van der Waals surface area (Å²) in [7, 11) is 0. The van der Waals surface area contributed by atoms with E-state index in [2.05, 4.69) is 29.6 Å². The number of nitrogens with zero attached hydrogens (tertiary/aromatic N) is 1. The average Bonchev–Trinajstić information content (AvgIpc) is 3.17. The Kier molecular flexibility index (Phi) is 6.54. The summed E-state index contributed by atoms with van der Waals surface area (Å²) in [5.74, 6) is 1.19. The third-order valence-electron chi connectivity index (χ3n) is 5.93. The maximum absolute atomic E-state index is 8.96. The number of anilines is 1. The minimum absolute atomic E-state index is 0.323. The first-order chi connectivity index (χ1) is 14.5. The first-order valence-corrected chi connectivity index (χ1v) is 11.1. The van der Waals surface area contributed by atoms with E-state index in [1.807, 2.05) is 48.5 Å². The number of halogens is 3. The Hall–Kier alpha value is -2.18. The van der Waals surface area contributed by atoms with Gasteiger partial charge in [-0.25, -0.2) is 0 Å². The lowest BCUT2D eigenvalue weighted by molar-refractivity contribution is 0.565. The topological polar surface area (TPSA) is 35.8 Å². The van der Waals surface area contributed by atoms with Gasteiger partial charge < -0.3 is 5.32 Å². The van der Waals surface area contributed by atoms with Crippen molar-refractivity contribution in [1.29, 1.82) is 5.26 Å². The van der Waals surface area contributed by atoms with Gasteiger partial charge in [-0.05, 0) is 90.3 Å². The number of benzene rings is 3. The molecule has 2 nitrogen and oxygen atoms in total. The van der Waals surface area contributed by atoms with Crippen molar-refractivity contribution in [3.63, 3.8) is 0 Å². The standard InChI is InChI=1S/C25H21Cl3N2/c26-19-5-3-18(4-6-19)23-11-17(15-30-21-8-1-16(14-29)2-9-21)12-24(23)22-10-7-20(27)13-25(22)28/h1-10,13,17,23-24,30H,11-12,15H2/t17-,23+,24-/m0/s1. The second-order valence-electron chi connectivity index (χ2n) is 7.84. The molecular weight excluding hydrogens is 435 g/mol. The number of rotatable bonds is 5. The summed E-state index contributed by atoms with van der Waals surface area (Å²) >= 11 is 18.8. The lowest BCUT2D eigenvalue weighted by atomic mass is 9.84. The lowest BCUT2D eigenvalue weighted by Crippen LogP contribution is -2.11. The summed E-state index contributed by atoms with van der Waals surface area (Å²) in [4.78, 5) is 0. The van der Waals surface area contributed by atoms with Gasteiger partial charge in [-0.2, -0.15) is 5.26 Å². The molecule has 3 aromatic rings. The Morgan fingerprint density at radius 3 is 2.17 bits per heavy atom. The van der Waals surface area contributed by atoms with Crippen LogP contribution in [0.5, 0.6) is 0 Å². The maximum Gasteiger partial charge on any atom is 0.0991 e. The highest BCUT2D eigenvalue weighted by molar-refractivity contribution is 6.35. The second kappa shape index (κ2) is 9.31. The van der Waals surface area contributed by atoms with Gasteiger partial charge in [-0.3, -0.25) is 0 Å². The summed E-state index contributed by atoms with van der Waals surface area (Å²) in [5.41, 5.74) is 4.14. The zero-order chi connectivity index (χ0) is 21.1. The van der Waals surface area contributed by atoms with Crippen LogP contribution in [0.2, 0.25) is 15.1 Å². The van der Waals surface area contributed by atoms with Gasteiger partial charge in [0.2, 0.25) is 0 Å². The summed E-state index contributed by atoms with van der Waals surface area (Å²) < 4.78 is 0. The second-order valence-corrected chi connectivity index (χ2v) is 9.12. The minimum atomic E-state index is 0.323. The molecule has 30 heavy (non-hydrogen) atoms. The summed E-state index contributed by atoms with van der Waals surface area (Å²) in [6.45, 7) is 0.873. The molecule has 0 saturated heterocycles. The van der Waals surface area contributed by atoms with Gasteiger partial charge in [0.05, 0.1) is 11.6 Å². The van der Waals surface area contributed by atoms with Crippen molar-refractivity contribution in [1.82, 2.24) is 0 Å². The molecule has 0 radical (unpaired) electrons. The van der Waals surface area contributed by atoms with Gasteiger partial charge in [-0.1, -0.05) is 53.0 Å². The molecule has 0 bridgehead atoms.